The van der Waals surface area contributed by atoms with E-state index in [0.717, 1.165) is 17.6 Å². The minimum absolute atomic E-state index is 0.201. The van der Waals surface area contributed by atoms with Crippen LogP contribution in [0.5, 0.6) is 0 Å². The van der Waals surface area contributed by atoms with E-state index in [-0.39, 0.29) is 5.78 Å². The van der Waals surface area contributed by atoms with Crippen molar-refractivity contribution in [3.05, 3.63) is 59.7 Å². The Morgan fingerprint density at radius 2 is 1.93 bits per heavy atom. The Balaban J connectivity index is 1.91. The third-order valence-corrected chi connectivity index (χ3v) is 3.21. The average Bonchev–Trinajstić information content (AvgIpc) is 2.91. The van der Waals surface area contributed by atoms with Crippen LogP contribution in [0, 0.1) is 11.8 Å². The molecule has 1 heteroatoms. The first-order chi connectivity index (χ1) is 7.34. The van der Waals surface area contributed by atoms with E-state index in [4.69, 9.17) is 0 Å². The van der Waals surface area contributed by atoms with Crippen LogP contribution >= 0.6 is 0 Å². The van der Waals surface area contributed by atoms with E-state index in [0.29, 0.717) is 11.8 Å². The Morgan fingerprint density at radius 1 is 1.13 bits per heavy atom. The fourth-order valence-corrected chi connectivity index (χ4v) is 2.44. The Hall–Kier alpha value is -1.63. The van der Waals surface area contributed by atoms with Crippen molar-refractivity contribution in [1.82, 2.24) is 0 Å². The molecule has 0 spiro atoms. The predicted octanol–water partition coefficient (Wildman–Crippen LogP) is 3.00. The number of Topliss-reactive ketones (excluding diaryl/α,β-unsaturated/α-hetero) is 1. The topological polar surface area (TPSA) is 17.1 Å². The van der Waals surface area contributed by atoms with Crippen LogP contribution in [0.1, 0.15) is 16.8 Å². The largest absolute Gasteiger partial charge is 0.289 e. The van der Waals surface area contributed by atoms with Crippen LogP contribution in [0.3, 0.4) is 0 Å². The third kappa shape index (κ3) is 1.35. The molecule has 74 valence electrons. The fourth-order valence-electron chi connectivity index (χ4n) is 2.44. The van der Waals surface area contributed by atoms with E-state index in [1.54, 1.807) is 0 Å². The SMILES string of the molecule is O=C(C1=CC2C=CC1C2)c1ccccc1. The lowest BCUT2D eigenvalue weighted by molar-refractivity contribution is 0.102. The Labute approximate surface area is 89.1 Å². The second-order valence-corrected chi connectivity index (χ2v) is 4.21. The molecule has 0 amide bonds. The summed E-state index contributed by atoms with van der Waals surface area (Å²) in [6, 6.07) is 9.54. The molecular weight excluding hydrogens is 184 g/mol. The molecule has 0 saturated carbocycles. The highest BCUT2D eigenvalue weighted by Crippen LogP contribution is 2.39. The van der Waals surface area contributed by atoms with Gasteiger partial charge in [-0.1, -0.05) is 48.6 Å². The summed E-state index contributed by atoms with van der Waals surface area (Å²) in [4.78, 5) is 12.1. The zero-order valence-corrected chi connectivity index (χ0v) is 8.39. The van der Waals surface area contributed by atoms with Crippen LogP contribution in [0.25, 0.3) is 0 Å². The fraction of sp³-hybridized carbons (Fsp3) is 0.214. The van der Waals surface area contributed by atoms with Crippen LogP contribution in [0.15, 0.2) is 54.1 Å². The lowest BCUT2D eigenvalue weighted by atomic mass is 9.95. The second kappa shape index (κ2) is 3.20. The molecule has 0 heterocycles. The van der Waals surface area contributed by atoms with Crippen molar-refractivity contribution in [2.75, 3.05) is 0 Å². The minimum atomic E-state index is 0.201. The van der Waals surface area contributed by atoms with Gasteiger partial charge in [-0.3, -0.25) is 4.79 Å². The van der Waals surface area contributed by atoms with Crippen molar-refractivity contribution in [3.8, 4) is 0 Å². The summed E-state index contributed by atoms with van der Waals surface area (Å²) in [6.45, 7) is 0. The first-order valence-electron chi connectivity index (χ1n) is 5.34. The smallest absolute Gasteiger partial charge is 0.189 e. The standard InChI is InChI=1S/C14H12O/c15-14(11-4-2-1-3-5-11)13-9-10-6-7-12(13)8-10/h1-7,9-10,12H,8H2. The zero-order chi connectivity index (χ0) is 10.3. The molecular formula is C14H12O. The third-order valence-electron chi connectivity index (χ3n) is 3.21. The van der Waals surface area contributed by atoms with Gasteiger partial charge < -0.3 is 0 Å². The summed E-state index contributed by atoms with van der Waals surface area (Å²) in [5, 5.41) is 0. The van der Waals surface area contributed by atoms with Gasteiger partial charge in [-0.15, -0.1) is 0 Å². The van der Waals surface area contributed by atoms with Crippen LogP contribution in [-0.4, -0.2) is 5.78 Å². The lowest BCUT2D eigenvalue weighted by Crippen LogP contribution is -2.08. The van der Waals surface area contributed by atoms with Gasteiger partial charge in [0.2, 0.25) is 0 Å². The number of hydrogen-bond acceptors (Lipinski definition) is 1. The molecule has 0 aliphatic heterocycles. The monoisotopic (exact) mass is 196 g/mol. The van der Waals surface area contributed by atoms with Crippen molar-refractivity contribution in [3.63, 3.8) is 0 Å². The molecule has 3 rings (SSSR count). The summed E-state index contributed by atoms with van der Waals surface area (Å²) in [7, 11) is 0. The van der Waals surface area contributed by atoms with Crippen molar-refractivity contribution < 1.29 is 4.79 Å². The quantitative estimate of drug-likeness (QED) is 0.525. The Morgan fingerprint density at radius 3 is 2.53 bits per heavy atom. The molecule has 0 aromatic heterocycles. The number of allylic oxidation sites excluding steroid dienone is 4. The van der Waals surface area contributed by atoms with Gasteiger partial charge in [-0.2, -0.15) is 0 Å². The maximum absolute atomic E-state index is 12.1. The molecule has 0 N–H and O–H groups in total. The molecule has 0 saturated heterocycles. The van der Waals surface area contributed by atoms with Crippen LogP contribution < -0.4 is 0 Å². The first kappa shape index (κ1) is 8.66. The van der Waals surface area contributed by atoms with Gasteiger partial charge in [0.15, 0.2) is 5.78 Å². The number of fused-ring (bicyclic) bond motifs is 2. The number of carbonyl (C=O) groups is 1. The number of ketones is 1. The van der Waals surface area contributed by atoms with Gasteiger partial charge in [0, 0.05) is 17.1 Å². The molecule has 15 heavy (non-hydrogen) atoms. The Kier molecular flexibility index (Phi) is 1.84. The maximum Gasteiger partial charge on any atom is 0.189 e. The van der Waals surface area contributed by atoms with E-state index in [1.807, 2.05) is 30.3 Å². The molecule has 2 atom stereocenters. The summed E-state index contributed by atoms with van der Waals surface area (Å²) in [5.41, 5.74) is 1.80. The first-order valence-corrected chi connectivity index (χ1v) is 5.34. The zero-order valence-electron chi connectivity index (χ0n) is 8.39. The molecule has 0 radical (unpaired) electrons. The highest BCUT2D eigenvalue weighted by molar-refractivity contribution is 6.09. The van der Waals surface area contributed by atoms with Crippen LogP contribution in [0.2, 0.25) is 0 Å². The lowest BCUT2D eigenvalue weighted by Gasteiger charge is -2.08. The average molecular weight is 196 g/mol. The molecule has 1 aromatic carbocycles. The van der Waals surface area contributed by atoms with Gasteiger partial charge in [0.1, 0.15) is 0 Å². The summed E-state index contributed by atoms with van der Waals surface area (Å²) in [6.07, 6.45) is 7.60. The van der Waals surface area contributed by atoms with E-state index < -0.39 is 0 Å². The number of carbonyl (C=O) groups excluding carboxylic acids is 1. The van der Waals surface area contributed by atoms with E-state index >= 15 is 0 Å². The molecule has 2 aliphatic carbocycles. The van der Waals surface area contributed by atoms with Gasteiger partial charge in [0.25, 0.3) is 0 Å². The predicted molar refractivity (Wildman–Crippen MR) is 59.6 cm³/mol. The summed E-state index contributed by atoms with van der Waals surface area (Å²) in [5.74, 6) is 1.09. The van der Waals surface area contributed by atoms with Crippen molar-refractivity contribution in [1.29, 1.82) is 0 Å². The Bertz CT molecular complexity index is 453. The second-order valence-electron chi connectivity index (χ2n) is 4.21. The van der Waals surface area contributed by atoms with Crippen molar-refractivity contribution >= 4 is 5.78 Å². The number of rotatable bonds is 2. The highest BCUT2D eigenvalue weighted by atomic mass is 16.1. The molecule has 1 nitrogen and oxygen atoms in total. The highest BCUT2D eigenvalue weighted by Gasteiger charge is 2.31. The summed E-state index contributed by atoms with van der Waals surface area (Å²) >= 11 is 0. The normalized spacial score (nSPS) is 26.8. The van der Waals surface area contributed by atoms with Gasteiger partial charge in [0.05, 0.1) is 0 Å². The van der Waals surface area contributed by atoms with Crippen molar-refractivity contribution in [2.24, 2.45) is 11.8 Å². The van der Waals surface area contributed by atoms with E-state index in [1.165, 1.54) is 0 Å². The van der Waals surface area contributed by atoms with Gasteiger partial charge in [-0.25, -0.2) is 0 Å². The van der Waals surface area contributed by atoms with E-state index in [2.05, 4.69) is 18.2 Å². The number of hydrogen-bond donors (Lipinski definition) is 0. The van der Waals surface area contributed by atoms with E-state index in [9.17, 15) is 4.79 Å². The van der Waals surface area contributed by atoms with Gasteiger partial charge >= 0.3 is 0 Å². The molecule has 2 aliphatic rings. The molecule has 1 aromatic rings. The summed E-state index contributed by atoms with van der Waals surface area (Å²) < 4.78 is 0. The van der Waals surface area contributed by atoms with Crippen LogP contribution in [0.4, 0.5) is 0 Å². The minimum Gasteiger partial charge on any atom is -0.289 e. The van der Waals surface area contributed by atoms with Gasteiger partial charge in [-0.05, 0) is 12.3 Å². The molecule has 2 unspecified atom stereocenters. The molecule has 0 fully saturated rings. The van der Waals surface area contributed by atoms with Crippen molar-refractivity contribution in [2.45, 2.75) is 6.42 Å². The maximum atomic E-state index is 12.1. The molecule has 2 bridgehead atoms. The van der Waals surface area contributed by atoms with Crippen LogP contribution in [-0.2, 0) is 0 Å². The number of benzene rings is 1.